The molecule has 1 aliphatic carbocycles. The van der Waals surface area contributed by atoms with E-state index in [2.05, 4.69) is 20.0 Å². The standard InChI is InChI=1S/C13H13N3O2/c1-13(6-7-13)12(17)15-10-4-2-9(3-5-10)11-14-8-18-16-11/h2-5,8H,6-7H2,1H3,(H,15,17). The molecule has 1 heterocycles. The zero-order chi connectivity index (χ0) is 12.6. The zero-order valence-electron chi connectivity index (χ0n) is 10.0. The average Bonchev–Trinajstić information content (AvgIpc) is 2.94. The number of anilines is 1. The predicted molar refractivity (Wildman–Crippen MR) is 65.7 cm³/mol. The number of rotatable bonds is 3. The van der Waals surface area contributed by atoms with Crippen molar-refractivity contribution in [1.29, 1.82) is 0 Å². The van der Waals surface area contributed by atoms with Crippen molar-refractivity contribution in [3.8, 4) is 11.4 Å². The molecule has 3 rings (SSSR count). The molecule has 5 heteroatoms. The lowest BCUT2D eigenvalue weighted by Crippen LogP contribution is -2.21. The third kappa shape index (κ3) is 1.99. The molecule has 0 saturated heterocycles. The summed E-state index contributed by atoms with van der Waals surface area (Å²) in [6.07, 6.45) is 3.23. The summed E-state index contributed by atoms with van der Waals surface area (Å²) in [7, 11) is 0. The maximum absolute atomic E-state index is 11.9. The summed E-state index contributed by atoms with van der Waals surface area (Å²) in [6.45, 7) is 1.98. The topological polar surface area (TPSA) is 68.0 Å². The Bertz CT molecular complexity index is 556. The number of nitrogens with one attached hydrogen (secondary N) is 1. The first-order chi connectivity index (χ1) is 8.67. The van der Waals surface area contributed by atoms with Gasteiger partial charge in [0.2, 0.25) is 18.1 Å². The second-order valence-electron chi connectivity index (χ2n) is 4.85. The molecule has 0 aliphatic heterocycles. The minimum Gasteiger partial charge on any atom is -0.342 e. The van der Waals surface area contributed by atoms with Crippen LogP contribution in [0.4, 0.5) is 5.69 Å². The first-order valence-corrected chi connectivity index (χ1v) is 5.86. The van der Waals surface area contributed by atoms with Crippen LogP contribution in [0, 0.1) is 5.41 Å². The number of aromatic nitrogens is 2. The number of carbonyl (C=O) groups excluding carboxylic acids is 1. The van der Waals surface area contributed by atoms with Crippen molar-refractivity contribution in [2.45, 2.75) is 19.8 Å². The van der Waals surface area contributed by atoms with Crippen LogP contribution < -0.4 is 5.32 Å². The molecule has 1 saturated carbocycles. The van der Waals surface area contributed by atoms with Crippen molar-refractivity contribution >= 4 is 11.6 Å². The number of carbonyl (C=O) groups is 1. The molecule has 18 heavy (non-hydrogen) atoms. The van der Waals surface area contributed by atoms with Gasteiger partial charge in [-0.1, -0.05) is 12.1 Å². The van der Waals surface area contributed by atoms with Gasteiger partial charge in [-0.15, -0.1) is 0 Å². The van der Waals surface area contributed by atoms with Gasteiger partial charge in [-0.2, -0.15) is 4.98 Å². The zero-order valence-corrected chi connectivity index (χ0v) is 10.0. The van der Waals surface area contributed by atoms with Crippen molar-refractivity contribution in [1.82, 2.24) is 10.1 Å². The van der Waals surface area contributed by atoms with Crippen LogP contribution in [0.25, 0.3) is 11.4 Å². The van der Waals surface area contributed by atoms with Gasteiger partial charge in [0.25, 0.3) is 0 Å². The number of nitrogens with zero attached hydrogens (tertiary/aromatic N) is 2. The molecule has 1 aromatic heterocycles. The second kappa shape index (κ2) is 3.94. The highest BCUT2D eigenvalue weighted by atomic mass is 16.5. The molecule has 0 atom stereocenters. The van der Waals surface area contributed by atoms with Crippen LogP contribution >= 0.6 is 0 Å². The number of benzene rings is 1. The summed E-state index contributed by atoms with van der Waals surface area (Å²) in [5, 5.41) is 6.67. The van der Waals surface area contributed by atoms with Crippen LogP contribution in [0.15, 0.2) is 35.2 Å². The van der Waals surface area contributed by atoms with E-state index in [9.17, 15) is 4.79 Å². The SMILES string of the molecule is CC1(C(=O)Nc2ccc(-c3ncon3)cc2)CC1. The Kier molecular flexibility index (Phi) is 2.40. The van der Waals surface area contributed by atoms with E-state index in [-0.39, 0.29) is 11.3 Å². The number of hydrogen-bond acceptors (Lipinski definition) is 4. The van der Waals surface area contributed by atoms with Gasteiger partial charge in [0, 0.05) is 16.7 Å². The van der Waals surface area contributed by atoms with Gasteiger partial charge in [-0.05, 0) is 37.1 Å². The summed E-state index contributed by atoms with van der Waals surface area (Å²) in [4.78, 5) is 15.8. The molecule has 5 nitrogen and oxygen atoms in total. The Morgan fingerprint density at radius 3 is 2.61 bits per heavy atom. The Balaban J connectivity index is 1.73. The first-order valence-electron chi connectivity index (χ1n) is 5.86. The fourth-order valence-electron chi connectivity index (χ4n) is 1.70. The van der Waals surface area contributed by atoms with E-state index in [0.717, 1.165) is 24.1 Å². The molecular formula is C13H13N3O2. The van der Waals surface area contributed by atoms with Crippen molar-refractivity contribution < 1.29 is 9.32 Å². The molecule has 1 amide bonds. The van der Waals surface area contributed by atoms with E-state index in [4.69, 9.17) is 0 Å². The summed E-state index contributed by atoms with van der Waals surface area (Å²) in [5.41, 5.74) is 1.49. The van der Waals surface area contributed by atoms with Crippen LogP contribution in [-0.4, -0.2) is 16.0 Å². The van der Waals surface area contributed by atoms with Gasteiger partial charge in [-0.25, -0.2) is 0 Å². The molecule has 1 aliphatic rings. The highest BCUT2D eigenvalue weighted by molar-refractivity contribution is 5.96. The fourth-order valence-corrected chi connectivity index (χ4v) is 1.70. The molecule has 0 bridgehead atoms. The van der Waals surface area contributed by atoms with Gasteiger partial charge in [-0.3, -0.25) is 4.79 Å². The molecule has 1 N–H and O–H groups in total. The van der Waals surface area contributed by atoms with Gasteiger partial charge in [0.1, 0.15) is 0 Å². The lowest BCUT2D eigenvalue weighted by atomic mass is 10.1. The third-order valence-corrected chi connectivity index (χ3v) is 3.31. The average molecular weight is 243 g/mol. The summed E-state index contributed by atoms with van der Waals surface area (Å²) >= 11 is 0. The van der Waals surface area contributed by atoms with E-state index in [1.165, 1.54) is 6.39 Å². The minimum atomic E-state index is -0.160. The maximum atomic E-state index is 11.9. The number of amides is 1. The minimum absolute atomic E-state index is 0.0924. The van der Waals surface area contributed by atoms with Crippen LogP contribution in [0.2, 0.25) is 0 Å². The lowest BCUT2D eigenvalue weighted by molar-refractivity contribution is -0.120. The van der Waals surface area contributed by atoms with E-state index in [1.807, 2.05) is 31.2 Å². The van der Waals surface area contributed by atoms with Crippen LogP contribution in [0.3, 0.4) is 0 Å². The highest BCUT2D eigenvalue weighted by Gasteiger charge is 2.44. The van der Waals surface area contributed by atoms with Crippen molar-refractivity contribution in [2.24, 2.45) is 5.41 Å². The van der Waals surface area contributed by atoms with Crippen molar-refractivity contribution in [2.75, 3.05) is 5.32 Å². The smallest absolute Gasteiger partial charge is 0.230 e. The van der Waals surface area contributed by atoms with Crippen molar-refractivity contribution in [3.63, 3.8) is 0 Å². The monoisotopic (exact) mass is 243 g/mol. The first kappa shape index (κ1) is 11.0. The predicted octanol–water partition coefficient (Wildman–Crippen LogP) is 2.48. The van der Waals surface area contributed by atoms with Crippen molar-refractivity contribution in [3.05, 3.63) is 30.7 Å². The maximum Gasteiger partial charge on any atom is 0.230 e. The molecule has 0 spiro atoms. The normalized spacial score (nSPS) is 16.3. The molecule has 0 unspecified atom stereocenters. The Morgan fingerprint density at radius 2 is 2.06 bits per heavy atom. The van der Waals surface area contributed by atoms with Crippen LogP contribution in [0.5, 0.6) is 0 Å². The van der Waals surface area contributed by atoms with Gasteiger partial charge in [0.05, 0.1) is 0 Å². The van der Waals surface area contributed by atoms with E-state index in [0.29, 0.717) is 5.82 Å². The summed E-state index contributed by atoms with van der Waals surface area (Å²) < 4.78 is 4.69. The van der Waals surface area contributed by atoms with Gasteiger partial charge >= 0.3 is 0 Å². The van der Waals surface area contributed by atoms with Crippen LogP contribution in [0.1, 0.15) is 19.8 Å². The number of hydrogen-bond donors (Lipinski definition) is 1. The molecule has 0 radical (unpaired) electrons. The highest BCUT2D eigenvalue weighted by Crippen LogP contribution is 2.45. The molecule has 92 valence electrons. The Labute approximate surface area is 104 Å². The third-order valence-electron chi connectivity index (χ3n) is 3.31. The Morgan fingerprint density at radius 1 is 1.33 bits per heavy atom. The van der Waals surface area contributed by atoms with Gasteiger partial charge in [0.15, 0.2) is 0 Å². The largest absolute Gasteiger partial charge is 0.342 e. The lowest BCUT2D eigenvalue weighted by Gasteiger charge is -2.09. The van der Waals surface area contributed by atoms with E-state index >= 15 is 0 Å². The molecule has 1 fully saturated rings. The molecule has 2 aromatic rings. The van der Waals surface area contributed by atoms with E-state index in [1.54, 1.807) is 0 Å². The molecular weight excluding hydrogens is 230 g/mol. The summed E-state index contributed by atoms with van der Waals surface area (Å²) in [6, 6.07) is 7.40. The second-order valence-corrected chi connectivity index (χ2v) is 4.85. The van der Waals surface area contributed by atoms with E-state index < -0.39 is 0 Å². The Hall–Kier alpha value is -2.17. The van der Waals surface area contributed by atoms with Crippen LogP contribution in [-0.2, 0) is 4.79 Å². The summed E-state index contributed by atoms with van der Waals surface area (Å²) in [5.74, 6) is 0.636. The van der Waals surface area contributed by atoms with Gasteiger partial charge < -0.3 is 9.84 Å². The molecule has 1 aromatic carbocycles. The fraction of sp³-hybridized carbons (Fsp3) is 0.308. The quantitative estimate of drug-likeness (QED) is 0.899.